The van der Waals surface area contributed by atoms with E-state index in [0.717, 1.165) is 43.0 Å². The molecule has 4 rings (SSSR count). The summed E-state index contributed by atoms with van der Waals surface area (Å²) in [7, 11) is 1.41. The SMILES string of the molecule is COC(=O)c1cccc2c1CCCN2C(=O)C1CC2CCC1C2. The number of carbonyl (C=O) groups is 2. The van der Waals surface area contributed by atoms with Gasteiger partial charge in [0, 0.05) is 18.2 Å². The average Bonchev–Trinajstić information content (AvgIpc) is 3.22. The van der Waals surface area contributed by atoms with Gasteiger partial charge in [-0.2, -0.15) is 0 Å². The van der Waals surface area contributed by atoms with Gasteiger partial charge in [0.25, 0.3) is 0 Å². The van der Waals surface area contributed by atoms with Gasteiger partial charge >= 0.3 is 5.97 Å². The second kappa shape index (κ2) is 5.66. The summed E-state index contributed by atoms with van der Waals surface area (Å²) >= 11 is 0. The van der Waals surface area contributed by atoms with Gasteiger partial charge in [0.15, 0.2) is 0 Å². The minimum absolute atomic E-state index is 0.196. The molecule has 2 bridgehead atoms. The molecule has 2 aliphatic carbocycles. The topological polar surface area (TPSA) is 46.6 Å². The van der Waals surface area contributed by atoms with Crippen LogP contribution in [0.5, 0.6) is 0 Å². The van der Waals surface area contributed by atoms with E-state index in [1.165, 1.54) is 26.4 Å². The molecular formula is C19H23NO3. The van der Waals surface area contributed by atoms with Gasteiger partial charge < -0.3 is 9.64 Å². The van der Waals surface area contributed by atoms with E-state index < -0.39 is 0 Å². The molecule has 1 aliphatic heterocycles. The van der Waals surface area contributed by atoms with Crippen molar-refractivity contribution in [3.8, 4) is 0 Å². The monoisotopic (exact) mass is 313 g/mol. The van der Waals surface area contributed by atoms with Crippen LogP contribution in [0, 0.1) is 17.8 Å². The summed E-state index contributed by atoms with van der Waals surface area (Å²) in [6, 6.07) is 5.64. The first-order valence-corrected chi connectivity index (χ1v) is 8.70. The lowest BCUT2D eigenvalue weighted by molar-refractivity contribution is -0.124. The van der Waals surface area contributed by atoms with Crippen LogP contribution >= 0.6 is 0 Å². The van der Waals surface area contributed by atoms with Gasteiger partial charge in [-0.3, -0.25) is 4.79 Å². The minimum atomic E-state index is -0.309. The van der Waals surface area contributed by atoms with Crippen LogP contribution in [0.3, 0.4) is 0 Å². The Morgan fingerprint density at radius 1 is 1.22 bits per heavy atom. The molecule has 23 heavy (non-hydrogen) atoms. The van der Waals surface area contributed by atoms with Crippen molar-refractivity contribution in [1.29, 1.82) is 0 Å². The van der Waals surface area contributed by atoms with E-state index in [1.54, 1.807) is 6.07 Å². The van der Waals surface area contributed by atoms with Crippen molar-refractivity contribution >= 4 is 17.6 Å². The normalized spacial score (nSPS) is 28.6. The summed E-state index contributed by atoms with van der Waals surface area (Å²) in [5, 5.41) is 0. The summed E-state index contributed by atoms with van der Waals surface area (Å²) in [6.07, 6.45) is 6.56. The van der Waals surface area contributed by atoms with Crippen molar-refractivity contribution in [3.05, 3.63) is 29.3 Å². The number of fused-ring (bicyclic) bond motifs is 3. The van der Waals surface area contributed by atoms with Crippen molar-refractivity contribution in [2.45, 2.75) is 38.5 Å². The molecule has 3 unspecified atom stereocenters. The third-order valence-corrected chi connectivity index (χ3v) is 5.98. The molecule has 2 saturated carbocycles. The van der Waals surface area contributed by atoms with Crippen molar-refractivity contribution in [2.24, 2.45) is 17.8 Å². The van der Waals surface area contributed by atoms with E-state index in [9.17, 15) is 9.59 Å². The van der Waals surface area contributed by atoms with E-state index in [0.29, 0.717) is 11.5 Å². The Balaban J connectivity index is 1.65. The molecule has 0 spiro atoms. The highest BCUT2D eigenvalue weighted by atomic mass is 16.5. The standard InChI is InChI=1S/C19H23NO3/c1-23-19(22)15-4-2-6-17-14(15)5-3-9-20(17)18(21)16-11-12-7-8-13(16)10-12/h2,4,6,12-13,16H,3,5,7-11H2,1H3. The van der Waals surface area contributed by atoms with Crippen LogP contribution < -0.4 is 4.90 Å². The third kappa shape index (κ3) is 2.35. The molecule has 3 aliphatic rings. The summed E-state index contributed by atoms with van der Waals surface area (Å²) in [6.45, 7) is 0.768. The predicted molar refractivity (Wildman–Crippen MR) is 87.4 cm³/mol. The molecule has 0 radical (unpaired) electrons. The zero-order chi connectivity index (χ0) is 16.0. The molecule has 1 amide bonds. The number of amides is 1. The van der Waals surface area contributed by atoms with Gasteiger partial charge in [0.1, 0.15) is 0 Å². The molecule has 4 nitrogen and oxygen atoms in total. The molecule has 122 valence electrons. The van der Waals surface area contributed by atoms with Crippen molar-refractivity contribution in [3.63, 3.8) is 0 Å². The number of ether oxygens (including phenoxy) is 1. The highest BCUT2D eigenvalue weighted by Gasteiger charge is 2.45. The number of benzene rings is 1. The zero-order valence-electron chi connectivity index (χ0n) is 13.6. The molecule has 0 saturated heterocycles. The van der Waals surface area contributed by atoms with Crippen LogP contribution in [0.15, 0.2) is 18.2 Å². The van der Waals surface area contributed by atoms with E-state index in [4.69, 9.17) is 4.74 Å². The Hall–Kier alpha value is -1.84. The van der Waals surface area contributed by atoms with Gasteiger partial charge in [0.05, 0.1) is 12.7 Å². The van der Waals surface area contributed by atoms with Gasteiger partial charge in [-0.15, -0.1) is 0 Å². The maximum Gasteiger partial charge on any atom is 0.338 e. The number of methoxy groups -OCH3 is 1. The lowest BCUT2D eigenvalue weighted by Gasteiger charge is -2.34. The summed E-state index contributed by atoms with van der Waals surface area (Å²) in [4.78, 5) is 27.1. The summed E-state index contributed by atoms with van der Waals surface area (Å²) in [5.74, 6) is 1.51. The van der Waals surface area contributed by atoms with Gasteiger partial charge in [-0.05, 0) is 61.6 Å². The van der Waals surface area contributed by atoms with E-state index in [-0.39, 0.29) is 17.8 Å². The van der Waals surface area contributed by atoms with Crippen molar-refractivity contribution < 1.29 is 14.3 Å². The third-order valence-electron chi connectivity index (χ3n) is 5.98. The van der Waals surface area contributed by atoms with Crippen LogP contribution in [0.25, 0.3) is 0 Å². The van der Waals surface area contributed by atoms with Crippen LogP contribution in [0.2, 0.25) is 0 Å². The Bertz CT molecular complexity index is 654. The summed E-state index contributed by atoms with van der Waals surface area (Å²) < 4.78 is 4.90. The largest absolute Gasteiger partial charge is 0.465 e. The maximum absolute atomic E-state index is 13.1. The second-order valence-electron chi connectivity index (χ2n) is 7.17. The number of hydrogen-bond acceptors (Lipinski definition) is 3. The Morgan fingerprint density at radius 2 is 2.09 bits per heavy atom. The predicted octanol–water partition coefficient (Wildman–Crippen LogP) is 3.19. The fourth-order valence-electron chi connectivity index (χ4n) is 4.90. The fraction of sp³-hybridized carbons (Fsp3) is 0.579. The summed E-state index contributed by atoms with van der Waals surface area (Å²) in [5.41, 5.74) is 2.50. The Labute approximate surface area is 136 Å². The number of carbonyl (C=O) groups excluding carboxylic acids is 2. The highest BCUT2D eigenvalue weighted by molar-refractivity contribution is 6.00. The number of esters is 1. The number of hydrogen-bond donors (Lipinski definition) is 0. The fourth-order valence-corrected chi connectivity index (χ4v) is 4.90. The number of anilines is 1. The molecule has 0 aromatic heterocycles. The van der Waals surface area contributed by atoms with Crippen LogP contribution in [-0.2, 0) is 16.0 Å². The molecule has 1 aromatic carbocycles. The molecule has 2 fully saturated rings. The Kier molecular flexibility index (Phi) is 3.63. The molecule has 4 heteroatoms. The van der Waals surface area contributed by atoms with Crippen LogP contribution in [0.4, 0.5) is 5.69 Å². The molecule has 0 N–H and O–H groups in total. The smallest absolute Gasteiger partial charge is 0.338 e. The number of nitrogens with zero attached hydrogens (tertiary/aromatic N) is 1. The van der Waals surface area contributed by atoms with Gasteiger partial charge in [0.2, 0.25) is 5.91 Å². The molecular weight excluding hydrogens is 290 g/mol. The van der Waals surface area contributed by atoms with Gasteiger partial charge in [-0.25, -0.2) is 4.79 Å². The van der Waals surface area contributed by atoms with Crippen LogP contribution in [-0.4, -0.2) is 25.5 Å². The first kappa shape index (κ1) is 14.7. The van der Waals surface area contributed by atoms with E-state index in [1.807, 2.05) is 17.0 Å². The lowest BCUT2D eigenvalue weighted by atomic mass is 9.86. The molecule has 3 atom stereocenters. The van der Waals surface area contributed by atoms with E-state index in [2.05, 4.69) is 0 Å². The first-order valence-electron chi connectivity index (χ1n) is 8.70. The maximum atomic E-state index is 13.1. The number of rotatable bonds is 2. The van der Waals surface area contributed by atoms with E-state index >= 15 is 0 Å². The highest BCUT2D eigenvalue weighted by Crippen LogP contribution is 2.49. The zero-order valence-corrected chi connectivity index (χ0v) is 13.6. The van der Waals surface area contributed by atoms with Crippen molar-refractivity contribution in [1.82, 2.24) is 0 Å². The second-order valence-corrected chi connectivity index (χ2v) is 7.17. The average molecular weight is 313 g/mol. The molecule has 1 aromatic rings. The quantitative estimate of drug-likeness (QED) is 0.788. The molecule has 1 heterocycles. The van der Waals surface area contributed by atoms with Crippen molar-refractivity contribution in [2.75, 3.05) is 18.6 Å². The minimum Gasteiger partial charge on any atom is -0.465 e. The van der Waals surface area contributed by atoms with Gasteiger partial charge in [-0.1, -0.05) is 12.5 Å². The lowest BCUT2D eigenvalue weighted by Crippen LogP contribution is -2.41. The van der Waals surface area contributed by atoms with Crippen LogP contribution in [0.1, 0.15) is 48.0 Å². The first-order chi connectivity index (χ1) is 11.2. The Morgan fingerprint density at radius 3 is 2.78 bits per heavy atom.